The Bertz CT molecular complexity index is 676. The van der Waals surface area contributed by atoms with Crippen molar-refractivity contribution in [2.75, 3.05) is 75.2 Å². The second-order valence-electron chi connectivity index (χ2n) is 7.52. The number of pyridine rings is 2. The minimum atomic E-state index is 0.561. The van der Waals surface area contributed by atoms with Gasteiger partial charge in [0, 0.05) is 52.4 Å². The maximum Gasteiger partial charge on any atom is 0.129 e. The predicted molar refractivity (Wildman–Crippen MR) is 130 cm³/mol. The van der Waals surface area contributed by atoms with Crippen LogP contribution < -0.4 is 9.80 Å². The van der Waals surface area contributed by atoms with Crippen LogP contribution in [0.1, 0.15) is 13.8 Å². The second-order valence-corrected chi connectivity index (χ2v) is 8.72. The summed E-state index contributed by atoms with van der Waals surface area (Å²) in [5.74, 6) is 0. The molecule has 6 nitrogen and oxygen atoms in total. The lowest BCUT2D eigenvalue weighted by Gasteiger charge is -2.35. The second kappa shape index (κ2) is 11.8. The highest BCUT2D eigenvalue weighted by atomic mass is 79.9. The van der Waals surface area contributed by atoms with E-state index in [9.17, 15) is 0 Å². The van der Waals surface area contributed by atoms with Crippen molar-refractivity contribution < 1.29 is 0 Å². The lowest BCUT2D eigenvalue weighted by molar-refractivity contribution is 0.271. The van der Waals surface area contributed by atoms with E-state index in [1.807, 2.05) is 30.6 Å². The Kier molecular flexibility index (Phi) is 9.18. The Hall–Kier alpha value is -1.41. The van der Waals surface area contributed by atoms with Gasteiger partial charge in [0.25, 0.3) is 0 Å². The van der Waals surface area contributed by atoms with Crippen LogP contribution in [-0.4, -0.2) is 85.2 Å². The molecule has 2 fully saturated rings. The zero-order valence-corrected chi connectivity index (χ0v) is 20.3. The number of likely N-dealkylation sites (N-methyl/N-ethyl adjacent to an activating group) is 2. The van der Waals surface area contributed by atoms with Crippen molar-refractivity contribution in [3.05, 3.63) is 46.4 Å². The van der Waals surface area contributed by atoms with Crippen LogP contribution >= 0.6 is 27.5 Å². The molecule has 0 saturated carbocycles. The van der Waals surface area contributed by atoms with E-state index in [2.05, 4.69) is 65.4 Å². The molecule has 0 amide bonds. The summed E-state index contributed by atoms with van der Waals surface area (Å²) >= 11 is 9.11. The van der Waals surface area contributed by atoms with Crippen LogP contribution in [0, 0.1) is 0 Å². The average molecular weight is 496 g/mol. The highest BCUT2D eigenvalue weighted by Gasteiger charge is 2.16. The summed E-state index contributed by atoms with van der Waals surface area (Å²) in [6.45, 7) is 15.7. The zero-order valence-electron chi connectivity index (χ0n) is 18.0. The number of halogens is 2. The van der Waals surface area contributed by atoms with Gasteiger partial charge in [0.1, 0.15) is 9.76 Å². The molecular weight excluding hydrogens is 464 g/mol. The lowest BCUT2D eigenvalue weighted by atomic mass is 10.3. The fourth-order valence-electron chi connectivity index (χ4n) is 3.75. The molecule has 0 unspecified atom stereocenters. The third-order valence-corrected chi connectivity index (χ3v) is 6.49. The topological polar surface area (TPSA) is 38.7 Å². The van der Waals surface area contributed by atoms with Crippen molar-refractivity contribution in [1.29, 1.82) is 0 Å². The van der Waals surface area contributed by atoms with Crippen LogP contribution in [-0.2, 0) is 0 Å². The molecule has 0 spiro atoms. The first kappa shape index (κ1) is 23.3. The van der Waals surface area contributed by atoms with Crippen LogP contribution in [0.2, 0.25) is 5.15 Å². The van der Waals surface area contributed by atoms with Crippen LogP contribution in [0.25, 0.3) is 0 Å². The Morgan fingerprint density at radius 3 is 1.57 bits per heavy atom. The van der Waals surface area contributed by atoms with Crippen molar-refractivity contribution in [1.82, 2.24) is 19.8 Å². The van der Waals surface area contributed by atoms with Gasteiger partial charge in [0.2, 0.25) is 0 Å². The van der Waals surface area contributed by atoms with Crippen LogP contribution in [0.3, 0.4) is 0 Å². The molecule has 0 radical (unpaired) electrons. The predicted octanol–water partition coefficient (Wildman–Crippen LogP) is 3.86. The summed E-state index contributed by atoms with van der Waals surface area (Å²) < 4.78 is 0.901. The van der Waals surface area contributed by atoms with Gasteiger partial charge in [0.15, 0.2) is 0 Å². The van der Waals surface area contributed by atoms with Gasteiger partial charge in [-0.15, -0.1) is 0 Å². The summed E-state index contributed by atoms with van der Waals surface area (Å²) in [6, 6.07) is 8.01. The Morgan fingerprint density at radius 2 is 1.20 bits per heavy atom. The van der Waals surface area contributed by atoms with E-state index in [0.29, 0.717) is 5.15 Å². The van der Waals surface area contributed by atoms with Gasteiger partial charge >= 0.3 is 0 Å². The normalized spacial score (nSPS) is 18.1. The minimum absolute atomic E-state index is 0.561. The quantitative estimate of drug-likeness (QED) is 0.600. The molecule has 0 atom stereocenters. The van der Waals surface area contributed by atoms with Gasteiger partial charge in [-0.2, -0.15) is 0 Å². The third kappa shape index (κ3) is 6.80. The van der Waals surface area contributed by atoms with Gasteiger partial charge < -0.3 is 19.6 Å². The average Bonchev–Trinajstić information content (AvgIpc) is 2.81. The van der Waals surface area contributed by atoms with E-state index in [-0.39, 0.29) is 0 Å². The molecule has 0 aliphatic carbocycles. The molecule has 0 aromatic carbocycles. The molecule has 4 heterocycles. The lowest BCUT2D eigenvalue weighted by Crippen LogP contribution is -2.46. The number of piperazine rings is 2. The summed E-state index contributed by atoms with van der Waals surface area (Å²) in [6.07, 6.45) is 3.79. The molecule has 8 heteroatoms. The van der Waals surface area contributed by atoms with Gasteiger partial charge in [0.05, 0.1) is 23.8 Å². The number of hydrogen-bond donors (Lipinski definition) is 0. The van der Waals surface area contributed by atoms with E-state index in [0.717, 1.165) is 70.1 Å². The number of rotatable bonds is 4. The first-order valence-corrected chi connectivity index (χ1v) is 11.9. The molecule has 0 N–H and O–H groups in total. The molecule has 164 valence electrons. The highest BCUT2D eigenvalue weighted by molar-refractivity contribution is 9.10. The summed E-state index contributed by atoms with van der Waals surface area (Å²) in [5, 5.41) is 0.561. The van der Waals surface area contributed by atoms with Crippen molar-refractivity contribution in [2.24, 2.45) is 0 Å². The molecule has 2 saturated heterocycles. The zero-order chi connectivity index (χ0) is 21.3. The number of aromatic nitrogens is 2. The van der Waals surface area contributed by atoms with Crippen molar-refractivity contribution in [3.8, 4) is 0 Å². The number of anilines is 2. The van der Waals surface area contributed by atoms with Gasteiger partial charge in [-0.05, 0) is 53.3 Å². The molecule has 2 aromatic rings. The largest absolute Gasteiger partial charge is 0.368 e. The van der Waals surface area contributed by atoms with E-state index in [1.54, 1.807) is 0 Å². The molecule has 0 bridgehead atoms. The van der Waals surface area contributed by atoms with Crippen LogP contribution in [0.4, 0.5) is 11.4 Å². The van der Waals surface area contributed by atoms with Gasteiger partial charge in [-0.3, -0.25) is 0 Å². The summed E-state index contributed by atoms with van der Waals surface area (Å²) in [7, 11) is 0. The Morgan fingerprint density at radius 1 is 0.733 bits per heavy atom. The first-order chi connectivity index (χ1) is 14.6. The van der Waals surface area contributed by atoms with E-state index in [1.165, 1.54) is 11.4 Å². The van der Waals surface area contributed by atoms with Crippen molar-refractivity contribution in [3.63, 3.8) is 0 Å². The molecule has 2 aromatic heterocycles. The minimum Gasteiger partial charge on any atom is -0.368 e. The van der Waals surface area contributed by atoms with E-state index in [4.69, 9.17) is 11.6 Å². The fraction of sp³-hybridized carbons (Fsp3) is 0.545. The molecule has 4 rings (SSSR count). The van der Waals surface area contributed by atoms with Gasteiger partial charge in [-0.25, -0.2) is 9.97 Å². The molecule has 30 heavy (non-hydrogen) atoms. The number of hydrogen-bond acceptors (Lipinski definition) is 6. The SMILES string of the molecule is CCN1CCN(c2ccc(Br)nc2)CC1.CCN1CCN(c2ccc(Cl)nc2)CC1. The maximum atomic E-state index is 5.76. The van der Waals surface area contributed by atoms with Gasteiger partial charge in [-0.1, -0.05) is 25.4 Å². The van der Waals surface area contributed by atoms with Crippen molar-refractivity contribution in [2.45, 2.75) is 13.8 Å². The molecule has 2 aliphatic rings. The fourth-order valence-corrected chi connectivity index (χ4v) is 4.10. The monoisotopic (exact) mass is 494 g/mol. The smallest absolute Gasteiger partial charge is 0.129 e. The molecule has 2 aliphatic heterocycles. The summed E-state index contributed by atoms with van der Waals surface area (Å²) in [4.78, 5) is 18.0. The number of nitrogens with zero attached hydrogens (tertiary/aromatic N) is 6. The van der Waals surface area contributed by atoms with Crippen molar-refractivity contribution >= 4 is 38.9 Å². The first-order valence-electron chi connectivity index (χ1n) is 10.8. The standard InChI is InChI=1S/C11H16BrN3.C11H16ClN3/c2*1-2-14-5-7-15(8-6-14)10-3-4-11(12)13-9-10/h2*3-4,9H,2,5-8H2,1H3. The molecular formula is C22H32BrClN6. The van der Waals surface area contributed by atoms with Crippen LogP contribution in [0.15, 0.2) is 41.3 Å². The third-order valence-electron chi connectivity index (χ3n) is 5.79. The van der Waals surface area contributed by atoms with E-state index < -0.39 is 0 Å². The maximum absolute atomic E-state index is 5.76. The Labute approximate surface area is 194 Å². The Balaban J connectivity index is 0.000000171. The highest BCUT2D eigenvalue weighted by Crippen LogP contribution is 2.18. The van der Waals surface area contributed by atoms with E-state index >= 15 is 0 Å². The summed E-state index contributed by atoms with van der Waals surface area (Å²) in [5.41, 5.74) is 2.41. The van der Waals surface area contributed by atoms with Crippen LogP contribution in [0.5, 0.6) is 0 Å².